The fourth-order valence-corrected chi connectivity index (χ4v) is 3.41. The summed E-state index contributed by atoms with van der Waals surface area (Å²) in [5.41, 5.74) is 1.93. The molecule has 2 heteroatoms. The predicted molar refractivity (Wildman–Crippen MR) is 60.6 cm³/mol. The van der Waals surface area contributed by atoms with Gasteiger partial charge in [-0.3, -0.25) is 0 Å². The standard InChI is InChI=1S/C13H21NO/c1-12(2)8-10(14-6-4-5-7-14)11-13(3,9-12)15-11/h8,11H,4-7,9H2,1-3H3. The summed E-state index contributed by atoms with van der Waals surface area (Å²) < 4.78 is 5.92. The predicted octanol–water partition coefficient (Wildman–Crippen LogP) is 2.55. The van der Waals surface area contributed by atoms with Gasteiger partial charge in [-0.05, 0) is 31.6 Å². The number of fused-ring (bicyclic) bond motifs is 1. The van der Waals surface area contributed by atoms with Crippen molar-refractivity contribution in [3.8, 4) is 0 Å². The van der Waals surface area contributed by atoms with Crippen molar-refractivity contribution < 1.29 is 4.74 Å². The van der Waals surface area contributed by atoms with Gasteiger partial charge in [-0.15, -0.1) is 0 Å². The van der Waals surface area contributed by atoms with Crippen molar-refractivity contribution in [3.05, 3.63) is 11.8 Å². The number of likely N-dealkylation sites (tertiary alicyclic amines) is 1. The Morgan fingerprint density at radius 2 is 1.93 bits per heavy atom. The van der Waals surface area contributed by atoms with Crippen LogP contribution in [-0.4, -0.2) is 29.7 Å². The first-order valence-corrected chi connectivity index (χ1v) is 6.16. The lowest BCUT2D eigenvalue weighted by Crippen LogP contribution is -2.33. The summed E-state index contributed by atoms with van der Waals surface area (Å²) in [4.78, 5) is 2.54. The maximum absolute atomic E-state index is 5.92. The molecule has 2 nitrogen and oxygen atoms in total. The smallest absolute Gasteiger partial charge is 0.126 e. The number of rotatable bonds is 1. The third kappa shape index (κ3) is 1.50. The molecule has 2 fully saturated rings. The van der Waals surface area contributed by atoms with Gasteiger partial charge in [-0.1, -0.05) is 19.9 Å². The van der Waals surface area contributed by atoms with Gasteiger partial charge in [0.25, 0.3) is 0 Å². The van der Waals surface area contributed by atoms with Gasteiger partial charge >= 0.3 is 0 Å². The minimum Gasteiger partial charge on any atom is -0.373 e. The lowest BCUT2D eigenvalue weighted by Gasteiger charge is -2.32. The first-order chi connectivity index (χ1) is 7.00. The van der Waals surface area contributed by atoms with Crippen LogP contribution in [0.3, 0.4) is 0 Å². The topological polar surface area (TPSA) is 15.8 Å². The van der Waals surface area contributed by atoms with Crippen molar-refractivity contribution in [1.29, 1.82) is 0 Å². The van der Waals surface area contributed by atoms with Crippen LogP contribution in [0.25, 0.3) is 0 Å². The van der Waals surface area contributed by atoms with Gasteiger partial charge in [0.1, 0.15) is 6.10 Å². The highest BCUT2D eigenvalue weighted by Gasteiger charge is 2.60. The Morgan fingerprint density at radius 1 is 1.27 bits per heavy atom. The van der Waals surface area contributed by atoms with Crippen molar-refractivity contribution >= 4 is 0 Å². The second kappa shape index (κ2) is 2.79. The highest BCUT2D eigenvalue weighted by molar-refractivity contribution is 5.29. The molecule has 0 aromatic carbocycles. The molecule has 2 atom stereocenters. The Labute approximate surface area is 92.3 Å². The molecule has 0 saturated carbocycles. The minimum absolute atomic E-state index is 0.149. The molecule has 0 radical (unpaired) electrons. The maximum atomic E-state index is 5.92. The summed E-state index contributed by atoms with van der Waals surface area (Å²) in [6.45, 7) is 9.39. The van der Waals surface area contributed by atoms with Crippen LogP contribution in [0.4, 0.5) is 0 Å². The summed E-state index contributed by atoms with van der Waals surface area (Å²) in [5, 5.41) is 0. The quantitative estimate of drug-likeness (QED) is 0.614. The third-order valence-corrected chi connectivity index (χ3v) is 3.97. The van der Waals surface area contributed by atoms with E-state index in [-0.39, 0.29) is 5.60 Å². The van der Waals surface area contributed by atoms with Crippen LogP contribution in [0.5, 0.6) is 0 Å². The maximum Gasteiger partial charge on any atom is 0.126 e. The summed E-state index contributed by atoms with van der Waals surface area (Å²) >= 11 is 0. The number of allylic oxidation sites excluding steroid dienone is 1. The molecule has 0 aromatic heterocycles. The Bertz CT molecular complexity index is 314. The Hall–Kier alpha value is -0.500. The van der Waals surface area contributed by atoms with E-state index in [2.05, 4.69) is 31.7 Å². The van der Waals surface area contributed by atoms with Crippen LogP contribution in [0.1, 0.15) is 40.0 Å². The molecule has 0 spiro atoms. The van der Waals surface area contributed by atoms with Gasteiger partial charge in [-0.2, -0.15) is 0 Å². The molecule has 2 aliphatic heterocycles. The molecule has 0 N–H and O–H groups in total. The second-order valence-electron chi connectivity index (χ2n) is 6.24. The summed E-state index contributed by atoms with van der Waals surface area (Å²) in [6, 6.07) is 0. The third-order valence-electron chi connectivity index (χ3n) is 3.97. The lowest BCUT2D eigenvalue weighted by molar-refractivity contribution is 0.252. The molecule has 0 bridgehead atoms. The van der Waals surface area contributed by atoms with E-state index in [1.54, 1.807) is 0 Å². The Balaban J connectivity index is 1.89. The van der Waals surface area contributed by atoms with Crippen molar-refractivity contribution in [2.75, 3.05) is 13.1 Å². The largest absolute Gasteiger partial charge is 0.373 e. The average molecular weight is 207 g/mol. The fraction of sp³-hybridized carbons (Fsp3) is 0.846. The van der Waals surface area contributed by atoms with Gasteiger partial charge in [0, 0.05) is 18.8 Å². The van der Waals surface area contributed by atoms with Crippen molar-refractivity contribution in [2.45, 2.75) is 51.7 Å². The summed E-state index contributed by atoms with van der Waals surface area (Å²) in [5.74, 6) is 0. The normalized spacial score (nSPS) is 42.5. The molecule has 15 heavy (non-hydrogen) atoms. The van der Waals surface area contributed by atoms with Crippen molar-refractivity contribution in [3.63, 3.8) is 0 Å². The van der Waals surface area contributed by atoms with E-state index < -0.39 is 0 Å². The average Bonchev–Trinajstić information content (AvgIpc) is 2.64. The molecule has 2 saturated heterocycles. The van der Waals surface area contributed by atoms with E-state index in [1.807, 2.05) is 0 Å². The monoisotopic (exact) mass is 207 g/mol. The van der Waals surface area contributed by atoms with Crippen LogP contribution >= 0.6 is 0 Å². The lowest BCUT2D eigenvalue weighted by atomic mass is 9.76. The van der Waals surface area contributed by atoms with Gasteiger partial charge in [0.05, 0.1) is 5.60 Å². The van der Waals surface area contributed by atoms with E-state index >= 15 is 0 Å². The SMILES string of the molecule is CC1(C)C=C(N2CCCC2)C2OC2(C)C1. The van der Waals surface area contributed by atoms with Crippen LogP contribution in [-0.2, 0) is 4.74 Å². The van der Waals surface area contributed by atoms with Gasteiger partial charge in [-0.25, -0.2) is 0 Å². The molecule has 84 valence electrons. The van der Waals surface area contributed by atoms with Crippen LogP contribution in [0.2, 0.25) is 0 Å². The van der Waals surface area contributed by atoms with Gasteiger partial charge in [0.2, 0.25) is 0 Å². The molecule has 0 aromatic rings. The van der Waals surface area contributed by atoms with E-state index in [4.69, 9.17) is 4.74 Å². The number of hydrogen-bond acceptors (Lipinski definition) is 2. The number of epoxide rings is 1. The van der Waals surface area contributed by atoms with Crippen molar-refractivity contribution in [2.24, 2.45) is 5.41 Å². The van der Waals surface area contributed by atoms with Crippen LogP contribution in [0.15, 0.2) is 11.8 Å². The first kappa shape index (κ1) is 9.71. The molecule has 3 rings (SSSR count). The van der Waals surface area contributed by atoms with Crippen LogP contribution < -0.4 is 0 Å². The molecule has 2 unspecified atom stereocenters. The summed E-state index contributed by atoms with van der Waals surface area (Å²) in [7, 11) is 0. The highest BCUT2D eigenvalue weighted by atomic mass is 16.6. The Kier molecular flexibility index (Phi) is 1.80. The van der Waals surface area contributed by atoms with E-state index in [0.29, 0.717) is 11.5 Å². The molecule has 3 aliphatic rings. The second-order valence-corrected chi connectivity index (χ2v) is 6.24. The fourth-order valence-electron chi connectivity index (χ4n) is 3.41. The van der Waals surface area contributed by atoms with Crippen molar-refractivity contribution in [1.82, 2.24) is 4.90 Å². The number of hydrogen-bond donors (Lipinski definition) is 0. The summed E-state index contributed by atoms with van der Waals surface area (Å²) in [6.07, 6.45) is 6.73. The van der Waals surface area contributed by atoms with E-state index in [0.717, 1.165) is 0 Å². The first-order valence-electron chi connectivity index (χ1n) is 6.16. The highest BCUT2D eigenvalue weighted by Crippen LogP contribution is 2.54. The number of ether oxygens (including phenoxy) is 1. The zero-order chi connectivity index (χ0) is 10.7. The zero-order valence-corrected chi connectivity index (χ0v) is 10.0. The van der Waals surface area contributed by atoms with Gasteiger partial charge in [0.15, 0.2) is 0 Å². The number of nitrogens with zero attached hydrogens (tertiary/aromatic N) is 1. The Morgan fingerprint density at radius 3 is 2.60 bits per heavy atom. The molecular formula is C13H21NO. The van der Waals surface area contributed by atoms with E-state index in [9.17, 15) is 0 Å². The molecule has 1 aliphatic carbocycles. The van der Waals surface area contributed by atoms with E-state index in [1.165, 1.54) is 38.0 Å². The molecule has 2 heterocycles. The van der Waals surface area contributed by atoms with Crippen LogP contribution in [0, 0.1) is 5.41 Å². The molecule has 0 amide bonds. The molecular weight excluding hydrogens is 186 g/mol. The zero-order valence-electron chi connectivity index (χ0n) is 10.0. The minimum atomic E-state index is 0.149. The van der Waals surface area contributed by atoms with Gasteiger partial charge < -0.3 is 9.64 Å².